The number of benzene rings is 1. The number of ether oxygens (including phenoxy) is 2. The minimum atomic E-state index is -0.281. The number of aromatic nitrogens is 2. The van der Waals surface area contributed by atoms with Gasteiger partial charge in [-0.1, -0.05) is 13.8 Å². The molecule has 1 aliphatic carbocycles. The van der Waals surface area contributed by atoms with E-state index in [0.717, 1.165) is 18.5 Å². The van der Waals surface area contributed by atoms with Gasteiger partial charge < -0.3 is 14.8 Å². The monoisotopic (exact) mass is 421 g/mol. The van der Waals surface area contributed by atoms with E-state index in [-0.39, 0.29) is 17.9 Å². The van der Waals surface area contributed by atoms with Gasteiger partial charge in [-0.3, -0.25) is 9.89 Å². The van der Waals surface area contributed by atoms with Gasteiger partial charge in [0.1, 0.15) is 0 Å². The maximum Gasteiger partial charge on any atom is 0.277 e. The molecule has 0 bridgehead atoms. The van der Waals surface area contributed by atoms with E-state index in [1.807, 2.05) is 13.8 Å². The third-order valence-corrected chi connectivity index (χ3v) is 5.35. The fraction of sp³-hybridized carbons (Fsp3) is 0.474. The Bertz CT molecular complexity index is 782. The zero-order chi connectivity index (χ0) is 18.7. The Morgan fingerprint density at radius 1 is 1.31 bits per heavy atom. The zero-order valence-electron chi connectivity index (χ0n) is 15.3. The predicted molar refractivity (Wildman–Crippen MR) is 104 cm³/mol. The number of nitrogens with one attached hydrogen (secondary N) is 2. The van der Waals surface area contributed by atoms with Crippen molar-refractivity contribution in [3.63, 3.8) is 0 Å². The first-order valence-electron chi connectivity index (χ1n) is 8.89. The number of amides is 1. The molecule has 0 radical (unpaired) electrons. The van der Waals surface area contributed by atoms with Crippen LogP contribution in [0.2, 0.25) is 0 Å². The molecule has 3 rings (SSSR count). The first kappa shape index (κ1) is 18.8. The van der Waals surface area contributed by atoms with Crippen molar-refractivity contribution in [3.8, 4) is 11.5 Å². The van der Waals surface area contributed by atoms with Crippen LogP contribution in [0.15, 0.2) is 22.7 Å². The fourth-order valence-corrected chi connectivity index (χ4v) is 3.91. The van der Waals surface area contributed by atoms with Gasteiger partial charge in [0.2, 0.25) is 0 Å². The lowest BCUT2D eigenvalue weighted by Gasteiger charge is -2.17. The van der Waals surface area contributed by atoms with Gasteiger partial charge in [0, 0.05) is 11.8 Å². The summed E-state index contributed by atoms with van der Waals surface area (Å²) < 4.78 is 12.2. The number of methoxy groups -OCH3 is 1. The van der Waals surface area contributed by atoms with E-state index >= 15 is 0 Å². The molecule has 0 aliphatic heterocycles. The molecule has 1 amide bonds. The van der Waals surface area contributed by atoms with Gasteiger partial charge in [-0.25, -0.2) is 0 Å². The summed E-state index contributed by atoms with van der Waals surface area (Å²) in [5.74, 6) is 1.28. The largest absolute Gasteiger partial charge is 0.493 e. The molecule has 6 nitrogen and oxygen atoms in total. The SMILES string of the molecule is COc1ccc(NC(=O)c2n[nH]c(C(C)C)c2Br)cc1OC1CCCC1. The zero-order valence-corrected chi connectivity index (χ0v) is 16.9. The van der Waals surface area contributed by atoms with E-state index in [0.29, 0.717) is 27.4 Å². The van der Waals surface area contributed by atoms with Gasteiger partial charge in [-0.15, -0.1) is 0 Å². The molecule has 2 aromatic rings. The summed E-state index contributed by atoms with van der Waals surface area (Å²) in [6.07, 6.45) is 4.70. The summed E-state index contributed by atoms with van der Waals surface area (Å²) in [4.78, 5) is 12.6. The standard InChI is InChI=1S/C19H24BrN3O3/c1-11(2)17-16(20)18(23-22-17)19(24)21-12-8-9-14(25-3)15(10-12)26-13-6-4-5-7-13/h8-11,13H,4-7H2,1-3H3,(H,21,24)(H,22,23). The molecular weight excluding hydrogens is 398 g/mol. The van der Waals surface area contributed by atoms with Crippen LogP contribution >= 0.6 is 15.9 Å². The quantitative estimate of drug-likeness (QED) is 0.696. The molecule has 7 heteroatoms. The van der Waals surface area contributed by atoms with Crippen molar-refractivity contribution in [2.45, 2.75) is 51.6 Å². The molecule has 26 heavy (non-hydrogen) atoms. The molecule has 1 fully saturated rings. The van der Waals surface area contributed by atoms with Crippen LogP contribution in [0.25, 0.3) is 0 Å². The second-order valence-electron chi connectivity index (χ2n) is 6.80. The first-order chi connectivity index (χ1) is 12.5. The van der Waals surface area contributed by atoms with Crippen molar-refractivity contribution in [2.75, 3.05) is 12.4 Å². The van der Waals surface area contributed by atoms with Crippen LogP contribution in [0.1, 0.15) is 61.6 Å². The summed E-state index contributed by atoms with van der Waals surface area (Å²) in [6, 6.07) is 5.40. The smallest absolute Gasteiger partial charge is 0.277 e. The van der Waals surface area contributed by atoms with Gasteiger partial charge in [0.05, 0.1) is 23.4 Å². The average Bonchev–Trinajstić information content (AvgIpc) is 3.24. The normalized spacial score (nSPS) is 14.7. The summed E-state index contributed by atoms with van der Waals surface area (Å²) in [5, 5.41) is 9.93. The second kappa shape index (κ2) is 8.12. The number of nitrogens with zero attached hydrogens (tertiary/aromatic N) is 1. The Kier molecular flexibility index (Phi) is 5.86. The van der Waals surface area contributed by atoms with Crippen LogP contribution in [-0.2, 0) is 0 Å². The third-order valence-electron chi connectivity index (χ3n) is 4.54. The Morgan fingerprint density at radius 2 is 2.04 bits per heavy atom. The van der Waals surface area contributed by atoms with Crippen LogP contribution in [-0.4, -0.2) is 29.3 Å². The number of carbonyl (C=O) groups excluding carboxylic acids is 1. The topological polar surface area (TPSA) is 76.2 Å². The highest BCUT2D eigenvalue weighted by molar-refractivity contribution is 9.10. The van der Waals surface area contributed by atoms with Crippen molar-refractivity contribution >= 4 is 27.5 Å². The van der Waals surface area contributed by atoms with E-state index in [1.54, 1.807) is 25.3 Å². The molecule has 0 atom stereocenters. The van der Waals surface area contributed by atoms with Crippen LogP contribution < -0.4 is 14.8 Å². The lowest BCUT2D eigenvalue weighted by atomic mass is 10.1. The molecule has 140 valence electrons. The van der Waals surface area contributed by atoms with Crippen molar-refractivity contribution in [1.29, 1.82) is 0 Å². The molecule has 0 unspecified atom stereocenters. The number of anilines is 1. The van der Waals surface area contributed by atoms with E-state index in [1.165, 1.54) is 12.8 Å². The average molecular weight is 422 g/mol. The lowest BCUT2D eigenvalue weighted by molar-refractivity contribution is 0.102. The van der Waals surface area contributed by atoms with Gasteiger partial charge >= 0.3 is 0 Å². The Labute approximate surface area is 161 Å². The highest BCUT2D eigenvalue weighted by Gasteiger charge is 2.21. The molecule has 1 aliphatic rings. The number of H-pyrrole nitrogens is 1. The number of aromatic amines is 1. The van der Waals surface area contributed by atoms with Gasteiger partial charge in [0.15, 0.2) is 17.2 Å². The molecule has 1 heterocycles. The van der Waals surface area contributed by atoms with E-state index in [2.05, 4.69) is 31.4 Å². The second-order valence-corrected chi connectivity index (χ2v) is 7.59. The number of rotatable bonds is 6. The summed E-state index contributed by atoms with van der Waals surface area (Å²) in [5.41, 5.74) is 1.88. The molecule has 0 saturated heterocycles. The number of halogens is 1. The van der Waals surface area contributed by atoms with Crippen LogP contribution in [0.5, 0.6) is 11.5 Å². The third kappa shape index (κ3) is 4.03. The number of hydrogen-bond acceptors (Lipinski definition) is 4. The molecule has 2 N–H and O–H groups in total. The Balaban J connectivity index is 1.77. The first-order valence-corrected chi connectivity index (χ1v) is 9.68. The highest BCUT2D eigenvalue weighted by Crippen LogP contribution is 2.34. The summed E-state index contributed by atoms with van der Waals surface area (Å²) in [7, 11) is 1.61. The van der Waals surface area contributed by atoms with Gasteiger partial charge in [-0.05, 0) is 59.7 Å². The Morgan fingerprint density at radius 3 is 2.65 bits per heavy atom. The minimum Gasteiger partial charge on any atom is -0.493 e. The molecule has 0 spiro atoms. The number of carbonyl (C=O) groups is 1. The van der Waals surface area contributed by atoms with Crippen molar-refractivity contribution in [2.24, 2.45) is 0 Å². The summed E-state index contributed by atoms with van der Waals surface area (Å²) in [6.45, 7) is 4.08. The fourth-order valence-electron chi connectivity index (χ4n) is 3.10. The van der Waals surface area contributed by atoms with E-state index in [4.69, 9.17) is 9.47 Å². The van der Waals surface area contributed by atoms with Crippen LogP contribution in [0, 0.1) is 0 Å². The molecule has 1 saturated carbocycles. The number of hydrogen-bond donors (Lipinski definition) is 2. The van der Waals surface area contributed by atoms with Gasteiger partial charge in [0.25, 0.3) is 5.91 Å². The highest BCUT2D eigenvalue weighted by atomic mass is 79.9. The van der Waals surface area contributed by atoms with Crippen molar-refractivity contribution in [3.05, 3.63) is 34.1 Å². The van der Waals surface area contributed by atoms with Crippen LogP contribution in [0.3, 0.4) is 0 Å². The van der Waals surface area contributed by atoms with Crippen LogP contribution in [0.4, 0.5) is 5.69 Å². The Hall–Kier alpha value is -2.02. The maximum absolute atomic E-state index is 12.6. The maximum atomic E-state index is 12.6. The lowest BCUT2D eigenvalue weighted by Crippen LogP contribution is -2.14. The molecular formula is C19H24BrN3O3. The summed E-state index contributed by atoms with van der Waals surface area (Å²) >= 11 is 3.46. The minimum absolute atomic E-state index is 0.212. The van der Waals surface area contributed by atoms with Crippen molar-refractivity contribution in [1.82, 2.24) is 10.2 Å². The van der Waals surface area contributed by atoms with E-state index in [9.17, 15) is 4.79 Å². The van der Waals surface area contributed by atoms with E-state index < -0.39 is 0 Å². The van der Waals surface area contributed by atoms with Gasteiger partial charge in [-0.2, -0.15) is 5.10 Å². The molecule has 1 aromatic heterocycles. The molecule has 1 aromatic carbocycles. The predicted octanol–water partition coefficient (Wildman–Crippen LogP) is 4.88. The van der Waals surface area contributed by atoms with Crippen molar-refractivity contribution < 1.29 is 14.3 Å².